The van der Waals surface area contributed by atoms with Gasteiger partial charge in [-0.2, -0.15) is 0 Å². The van der Waals surface area contributed by atoms with Gasteiger partial charge in [0.25, 0.3) is 0 Å². The smallest absolute Gasteiger partial charge is 0.123 e. The molecule has 1 N–H and O–H groups in total. The molecule has 0 aliphatic carbocycles. The Morgan fingerprint density at radius 2 is 1.75 bits per heavy atom. The summed E-state index contributed by atoms with van der Waals surface area (Å²) in [5.41, 5.74) is 1.09. The lowest BCUT2D eigenvalue weighted by Crippen LogP contribution is -2.27. The maximum Gasteiger partial charge on any atom is 0.123 e. The third-order valence-corrected chi connectivity index (χ3v) is 3.94. The van der Waals surface area contributed by atoms with Crippen molar-refractivity contribution in [1.82, 2.24) is 5.32 Å². The summed E-state index contributed by atoms with van der Waals surface area (Å²) in [4.78, 5) is 0. The molecular formula is C18H30FN. The highest BCUT2D eigenvalue weighted by atomic mass is 19.1. The van der Waals surface area contributed by atoms with Crippen molar-refractivity contribution < 1.29 is 4.39 Å². The predicted octanol–water partition coefficient (Wildman–Crippen LogP) is 5.10. The van der Waals surface area contributed by atoms with Crippen LogP contribution >= 0.6 is 0 Å². The number of benzene rings is 1. The van der Waals surface area contributed by atoms with Crippen LogP contribution in [0.25, 0.3) is 0 Å². The maximum atomic E-state index is 13.2. The predicted molar refractivity (Wildman–Crippen MR) is 85.6 cm³/mol. The minimum absolute atomic E-state index is 0.131. The van der Waals surface area contributed by atoms with E-state index < -0.39 is 0 Å². The van der Waals surface area contributed by atoms with Gasteiger partial charge in [0.05, 0.1) is 0 Å². The van der Waals surface area contributed by atoms with Gasteiger partial charge in [-0.3, -0.25) is 0 Å². The Kier molecular flexibility index (Phi) is 9.31. The molecule has 0 aliphatic heterocycles. The van der Waals surface area contributed by atoms with Crippen LogP contribution in [0.4, 0.5) is 4.39 Å². The number of hydrogen-bond acceptors (Lipinski definition) is 1. The van der Waals surface area contributed by atoms with Crippen molar-refractivity contribution in [1.29, 1.82) is 0 Å². The molecular weight excluding hydrogens is 249 g/mol. The van der Waals surface area contributed by atoms with Gasteiger partial charge in [-0.25, -0.2) is 4.39 Å². The van der Waals surface area contributed by atoms with Crippen molar-refractivity contribution in [3.63, 3.8) is 0 Å². The summed E-state index contributed by atoms with van der Waals surface area (Å²) in [5.74, 6) is -0.131. The Balaban J connectivity index is 2.16. The topological polar surface area (TPSA) is 12.0 Å². The molecule has 0 saturated carbocycles. The number of rotatable bonds is 11. The molecule has 1 rings (SSSR count). The van der Waals surface area contributed by atoms with Gasteiger partial charge in [0.15, 0.2) is 0 Å². The summed E-state index contributed by atoms with van der Waals surface area (Å²) < 4.78 is 13.2. The molecule has 0 heterocycles. The monoisotopic (exact) mass is 279 g/mol. The van der Waals surface area contributed by atoms with Gasteiger partial charge < -0.3 is 5.32 Å². The molecule has 0 aliphatic rings. The molecule has 0 radical (unpaired) electrons. The summed E-state index contributed by atoms with van der Waals surface area (Å²) in [6, 6.07) is 7.43. The largest absolute Gasteiger partial charge is 0.317 e. The molecule has 0 fully saturated rings. The molecule has 0 saturated heterocycles. The zero-order valence-electron chi connectivity index (χ0n) is 13.1. The van der Waals surface area contributed by atoms with Crippen molar-refractivity contribution in [3.8, 4) is 0 Å². The molecule has 0 aromatic heterocycles. The molecule has 20 heavy (non-hydrogen) atoms. The van der Waals surface area contributed by atoms with Gasteiger partial charge in [0.1, 0.15) is 5.82 Å². The third-order valence-electron chi connectivity index (χ3n) is 3.94. The first-order valence-corrected chi connectivity index (χ1v) is 8.18. The van der Waals surface area contributed by atoms with Crippen molar-refractivity contribution in [2.45, 2.75) is 70.8 Å². The second-order valence-corrected chi connectivity index (χ2v) is 5.73. The van der Waals surface area contributed by atoms with E-state index >= 15 is 0 Å². The lowest BCUT2D eigenvalue weighted by atomic mass is 9.99. The van der Waals surface area contributed by atoms with Crippen LogP contribution in [-0.4, -0.2) is 13.1 Å². The lowest BCUT2D eigenvalue weighted by molar-refractivity contribution is 0.477. The molecule has 2 heteroatoms. The van der Waals surface area contributed by atoms with Gasteiger partial charge in [-0.05, 0) is 37.6 Å². The first-order chi connectivity index (χ1) is 9.76. The summed E-state index contributed by atoms with van der Waals surface area (Å²) >= 11 is 0. The molecule has 0 amide bonds. The summed E-state index contributed by atoms with van der Waals surface area (Å²) in [6.45, 7) is 2.25. The maximum absolute atomic E-state index is 13.2. The number of likely N-dealkylation sites (N-methyl/N-ethyl adjacent to an activating group) is 1. The average molecular weight is 279 g/mol. The van der Waals surface area contributed by atoms with Gasteiger partial charge in [-0.1, -0.05) is 64.0 Å². The van der Waals surface area contributed by atoms with Crippen molar-refractivity contribution >= 4 is 0 Å². The quantitative estimate of drug-likeness (QED) is 0.556. The number of nitrogens with one attached hydrogen (secondary N) is 1. The minimum atomic E-state index is -0.131. The van der Waals surface area contributed by atoms with Crippen LogP contribution in [0.3, 0.4) is 0 Å². The molecule has 1 aromatic carbocycles. The zero-order valence-corrected chi connectivity index (χ0v) is 13.1. The molecule has 1 aromatic rings. The van der Waals surface area contributed by atoms with E-state index in [0.29, 0.717) is 6.04 Å². The van der Waals surface area contributed by atoms with E-state index in [0.717, 1.165) is 12.0 Å². The van der Waals surface area contributed by atoms with Crippen molar-refractivity contribution in [3.05, 3.63) is 35.6 Å². The van der Waals surface area contributed by atoms with Crippen LogP contribution < -0.4 is 5.32 Å². The van der Waals surface area contributed by atoms with E-state index in [1.165, 1.54) is 57.4 Å². The van der Waals surface area contributed by atoms with Gasteiger partial charge >= 0.3 is 0 Å². The Morgan fingerprint density at radius 1 is 1.05 bits per heavy atom. The minimum Gasteiger partial charge on any atom is -0.317 e. The van der Waals surface area contributed by atoms with Gasteiger partial charge in [0, 0.05) is 6.04 Å². The highest BCUT2D eigenvalue weighted by Gasteiger charge is 2.07. The SMILES string of the molecule is CCCCCCCCCC(Cc1cccc(F)c1)NC. The number of unbranched alkanes of at least 4 members (excludes halogenated alkanes) is 6. The highest BCUT2D eigenvalue weighted by Crippen LogP contribution is 2.13. The Hall–Kier alpha value is -0.890. The summed E-state index contributed by atoms with van der Waals surface area (Å²) in [5, 5.41) is 3.36. The van der Waals surface area contributed by atoms with Crippen LogP contribution in [0.5, 0.6) is 0 Å². The second-order valence-electron chi connectivity index (χ2n) is 5.73. The normalized spacial score (nSPS) is 12.6. The zero-order chi connectivity index (χ0) is 14.6. The number of halogens is 1. The average Bonchev–Trinajstić information content (AvgIpc) is 2.45. The fourth-order valence-electron chi connectivity index (χ4n) is 2.64. The molecule has 114 valence electrons. The van der Waals surface area contributed by atoms with Gasteiger partial charge in [-0.15, -0.1) is 0 Å². The van der Waals surface area contributed by atoms with Crippen molar-refractivity contribution in [2.75, 3.05) is 7.05 Å². The Bertz CT molecular complexity index is 351. The van der Waals surface area contributed by atoms with Crippen molar-refractivity contribution in [2.24, 2.45) is 0 Å². The lowest BCUT2D eigenvalue weighted by Gasteiger charge is -2.16. The number of hydrogen-bond donors (Lipinski definition) is 1. The molecule has 1 atom stereocenters. The van der Waals surface area contributed by atoms with Crippen LogP contribution in [0, 0.1) is 5.82 Å². The second kappa shape index (κ2) is 10.8. The third kappa shape index (κ3) is 7.64. The fourth-order valence-corrected chi connectivity index (χ4v) is 2.64. The van der Waals surface area contributed by atoms with E-state index in [-0.39, 0.29) is 5.82 Å². The molecule has 0 spiro atoms. The van der Waals surface area contributed by atoms with E-state index in [4.69, 9.17) is 0 Å². The Morgan fingerprint density at radius 3 is 2.40 bits per heavy atom. The van der Waals surface area contributed by atoms with Gasteiger partial charge in [0.2, 0.25) is 0 Å². The highest BCUT2D eigenvalue weighted by molar-refractivity contribution is 5.17. The fraction of sp³-hybridized carbons (Fsp3) is 0.667. The van der Waals surface area contributed by atoms with Crippen LogP contribution in [-0.2, 0) is 6.42 Å². The first kappa shape index (κ1) is 17.2. The standard InChI is InChI=1S/C18H30FN/c1-3-4-5-6-7-8-9-13-18(20-2)15-16-11-10-12-17(19)14-16/h10-12,14,18,20H,3-9,13,15H2,1-2H3. The molecule has 1 nitrogen and oxygen atoms in total. The van der Waals surface area contributed by atoms with Crippen LogP contribution in [0.15, 0.2) is 24.3 Å². The van der Waals surface area contributed by atoms with E-state index in [9.17, 15) is 4.39 Å². The van der Waals surface area contributed by atoms with E-state index in [1.54, 1.807) is 12.1 Å². The first-order valence-electron chi connectivity index (χ1n) is 8.18. The van der Waals surface area contributed by atoms with Crippen LogP contribution in [0.2, 0.25) is 0 Å². The Labute approximate surface area is 124 Å². The molecule has 1 unspecified atom stereocenters. The van der Waals surface area contributed by atoms with E-state index in [2.05, 4.69) is 12.2 Å². The van der Waals surface area contributed by atoms with Crippen LogP contribution in [0.1, 0.15) is 63.9 Å². The summed E-state index contributed by atoms with van der Waals surface area (Å²) in [6.07, 6.45) is 11.5. The molecule has 0 bridgehead atoms. The van der Waals surface area contributed by atoms with E-state index in [1.807, 2.05) is 13.1 Å². The summed E-state index contributed by atoms with van der Waals surface area (Å²) in [7, 11) is 2.01.